The summed E-state index contributed by atoms with van der Waals surface area (Å²) >= 11 is 0. The Morgan fingerprint density at radius 2 is 1.90 bits per heavy atom. The predicted octanol–water partition coefficient (Wildman–Crippen LogP) is 4.32. The first-order valence-electron chi connectivity index (χ1n) is 7.50. The Morgan fingerprint density at radius 1 is 1.20 bits per heavy atom. The average Bonchev–Trinajstić information content (AvgIpc) is 2.42. The standard InChI is InChI=1S/C18H26N2/c1-14(2)13-15(3)18(19)11-9-17(10-12-18)20-16-7-5-4-6-8-16/h4-11,14-15,20H,12-13,19H2,1-3H3. The molecule has 0 amide bonds. The average molecular weight is 270 g/mol. The monoisotopic (exact) mass is 270 g/mol. The molecule has 3 N–H and O–H groups in total. The lowest BCUT2D eigenvalue weighted by Crippen LogP contribution is -2.45. The molecule has 0 heterocycles. The second kappa shape index (κ2) is 6.27. The van der Waals surface area contributed by atoms with Gasteiger partial charge in [-0.1, -0.05) is 51.1 Å². The van der Waals surface area contributed by atoms with E-state index < -0.39 is 0 Å². The molecular weight excluding hydrogens is 244 g/mol. The largest absolute Gasteiger partial charge is 0.356 e. The third-order valence-electron chi connectivity index (χ3n) is 4.05. The van der Waals surface area contributed by atoms with Gasteiger partial charge in [0.1, 0.15) is 0 Å². The molecule has 0 aromatic heterocycles. The van der Waals surface area contributed by atoms with Gasteiger partial charge in [0, 0.05) is 16.9 Å². The van der Waals surface area contributed by atoms with Gasteiger partial charge >= 0.3 is 0 Å². The quantitative estimate of drug-likeness (QED) is 0.836. The number of hydrogen-bond donors (Lipinski definition) is 2. The van der Waals surface area contributed by atoms with Crippen molar-refractivity contribution in [2.45, 2.75) is 39.2 Å². The Kier molecular flexibility index (Phi) is 4.66. The van der Waals surface area contributed by atoms with Gasteiger partial charge in [-0.05, 0) is 42.9 Å². The van der Waals surface area contributed by atoms with Crippen LogP contribution in [0.3, 0.4) is 0 Å². The highest BCUT2D eigenvalue weighted by Gasteiger charge is 2.30. The topological polar surface area (TPSA) is 38.0 Å². The number of hydrogen-bond acceptors (Lipinski definition) is 2. The summed E-state index contributed by atoms with van der Waals surface area (Å²) in [5.74, 6) is 1.18. The molecule has 0 spiro atoms. The van der Waals surface area contributed by atoms with Gasteiger partial charge < -0.3 is 11.1 Å². The molecule has 2 rings (SSSR count). The van der Waals surface area contributed by atoms with E-state index in [-0.39, 0.29) is 5.54 Å². The van der Waals surface area contributed by atoms with Gasteiger partial charge in [0.05, 0.1) is 0 Å². The van der Waals surface area contributed by atoms with E-state index in [2.05, 4.69) is 56.4 Å². The van der Waals surface area contributed by atoms with Gasteiger partial charge in [0.15, 0.2) is 0 Å². The fourth-order valence-corrected chi connectivity index (χ4v) is 2.74. The molecular formula is C18H26N2. The van der Waals surface area contributed by atoms with Crippen molar-refractivity contribution in [1.82, 2.24) is 0 Å². The summed E-state index contributed by atoms with van der Waals surface area (Å²) < 4.78 is 0. The normalized spacial score (nSPS) is 23.6. The van der Waals surface area contributed by atoms with Crippen LogP contribution in [0.2, 0.25) is 0 Å². The van der Waals surface area contributed by atoms with Crippen LogP contribution in [0.1, 0.15) is 33.6 Å². The van der Waals surface area contributed by atoms with Gasteiger partial charge in [-0.25, -0.2) is 0 Å². The van der Waals surface area contributed by atoms with Crippen molar-refractivity contribution in [3.05, 3.63) is 54.3 Å². The lowest BCUT2D eigenvalue weighted by atomic mass is 9.76. The number of benzene rings is 1. The van der Waals surface area contributed by atoms with Crippen LogP contribution in [0.15, 0.2) is 54.3 Å². The number of rotatable bonds is 5. The van der Waals surface area contributed by atoms with Crippen LogP contribution < -0.4 is 11.1 Å². The number of para-hydroxylation sites is 1. The van der Waals surface area contributed by atoms with Crippen LogP contribution in [-0.2, 0) is 0 Å². The van der Waals surface area contributed by atoms with Crippen molar-refractivity contribution < 1.29 is 0 Å². The van der Waals surface area contributed by atoms with Gasteiger partial charge in [0.2, 0.25) is 0 Å². The molecule has 2 nitrogen and oxygen atoms in total. The Labute approximate surface area is 122 Å². The molecule has 1 aliphatic rings. The molecule has 0 fully saturated rings. The molecule has 0 bridgehead atoms. The Hall–Kier alpha value is -1.54. The SMILES string of the molecule is CC(C)CC(C)C1(N)C=CC(Nc2ccccc2)=CC1. The molecule has 2 unspecified atom stereocenters. The van der Waals surface area contributed by atoms with Gasteiger partial charge in [-0.2, -0.15) is 0 Å². The fourth-order valence-electron chi connectivity index (χ4n) is 2.74. The molecule has 20 heavy (non-hydrogen) atoms. The number of nitrogens with one attached hydrogen (secondary N) is 1. The third kappa shape index (κ3) is 3.73. The maximum atomic E-state index is 6.55. The van der Waals surface area contributed by atoms with E-state index in [4.69, 9.17) is 5.73 Å². The summed E-state index contributed by atoms with van der Waals surface area (Å²) in [6.45, 7) is 6.77. The minimum Gasteiger partial charge on any atom is -0.356 e. The number of nitrogens with two attached hydrogens (primary N) is 1. The molecule has 108 valence electrons. The minimum absolute atomic E-state index is 0.202. The second-order valence-electron chi connectivity index (χ2n) is 6.33. The van der Waals surface area contributed by atoms with E-state index >= 15 is 0 Å². The third-order valence-corrected chi connectivity index (χ3v) is 4.05. The van der Waals surface area contributed by atoms with Gasteiger partial charge in [-0.3, -0.25) is 0 Å². The molecule has 1 aromatic carbocycles. The summed E-state index contributed by atoms with van der Waals surface area (Å²) in [7, 11) is 0. The highest BCUT2D eigenvalue weighted by atomic mass is 14.9. The molecule has 2 heteroatoms. The molecule has 0 saturated carbocycles. The van der Waals surface area contributed by atoms with E-state index in [1.807, 2.05) is 18.2 Å². The highest BCUT2D eigenvalue weighted by molar-refractivity contribution is 5.51. The zero-order valence-electron chi connectivity index (χ0n) is 12.8. The smallest absolute Gasteiger partial charge is 0.0404 e. The van der Waals surface area contributed by atoms with Crippen LogP contribution in [-0.4, -0.2) is 5.54 Å². The number of anilines is 1. The van der Waals surface area contributed by atoms with E-state index in [1.165, 1.54) is 0 Å². The molecule has 0 saturated heterocycles. The molecule has 0 aliphatic heterocycles. The lowest BCUT2D eigenvalue weighted by molar-refractivity contribution is 0.303. The zero-order chi connectivity index (χ0) is 14.6. The van der Waals surface area contributed by atoms with Crippen molar-refractivity contribution in [2.24, 2.45) is 17.6 Å². The summed E-state index contributed by atoms with van der Waals surface area (Å²) in [6, 6.07) is 10.2. The van der Waals surface area contributed by atoms with Crippen molar-refractivity contribution in [1.29, 1.82) is 0 Å². The molecule has 0 radical (unpaired) electrons. The predicted molar refractivity (Wildman–Crippen MR) is 87.4 cm³/mol. The molecule has 1 aromatic rings. The highest BCUT2D eigenvalue weighted by Crippen LogP contribution is 2.30. The van der Waals surface area contributed by atoms with Crippen LogP contribution in [0, 0.1) is 11.8 Å². The van der Waals surface area contributed by atoms with Crippen molar-refractivity contribution >= 4 is 5.69 Å². The maximum Gasteiger partial charge on any atom is 0.0404 e. The van der Waals surface area contributed by atoms with Crippen molar-refractivity contribution in [3.63, 3.8) is 0 Å². The summed E-state index contributed by atoms with van der Waals surface area (Å²) in [5, 5.41) is 3.42. The van der Waals surface area contributed by atoms with E-state index in [0.29, 0.717) is 11.8 Å². The summed E-state index contributed by atoms with van der Waals surface area (Å²) in [6.07, 6.45) is 8.56. The van der Waals surface area contributed by atoms with E-state index in [0.717, 1.165) is 24.2 Å². The van der Waals surface area contributed by atoms with Crippen LogP contribution >= 0.6 is 0 Å². The summed E-state index contributed by atoms with van der Waals surface area (Å²) in [4.78, 5) is 0. The van der Waals surface area contributed by atoms with E-state index in [9.17, 15) is 0 Å². The Balaban J connectivity index is 1.98. The van der Waals surface area contributed by atoms with Crippen molar-refractivity contribution in [3.8, 4) is 0 Å². The zero-order valence-corrected chi connectivity index (χ0v) is 12.8. The first kappa shape index (κ1) is 14.9. The Morgan fingerprint density at radius 3 is 2.45 bits per heavy atom. The first-order chi connectivity index (χ1) is 9.49. The van der Waals surface area contributed by atoms with Crippen LogP contribution in [0.25, 0.3) is 0 Å². The van der Waals surface area contributed by atoms with Crippen LogP contribution in [0.5, 0.6) is 0 Å². The fraction of sp³-hybridized carbons (Fsp3) is 0.444. The lowest BCUT2D eigenvalue weighted by Gasteiger charge is -2.35. The summed E-state index contributed by atoms with van der Waals surface area (Å²) in [5.41, 5.74) is 8.59. The maximum absolute atomic E-state index is 6.55. The van der Waals surface area contributed by atoms with E-state index in [1.54, 1.807) is 0 Å². The molecule has 2 atom stereocenters. The van der Waals surface area contributed by atoms with Gasteiger partial charge in [-0.15, -0.1) is 0 Å². The molecule has 1 aliphatic carbocycles. The van der Waals surface area contributed by atoms with Gasteiger partial charge in [0.25, 0.3) is 0 Å². The Bertz CT molecular complexity index is 487. The first-order valence-corrected chi connectivity index (χ1v) is 7.50. The van der Waals surface area contributed by atoms with Crippen molar-refractivity contribution in [2.75, 3.05) is 5.32 Å². The second-order valence-corrected chi connectivity index (χ2v) is 6.33. The minimum atomic E-state index is -0.202. The van der Waals surface area contributed by atoms with Crippen LogP contribution in [0.4, 0.5) is 5.69 Å². The number of allylic oxidation sites excluding steroid dienone is 1.